The molecule has 0 bridgehead atoms. The number of ether oxygens (including phenoxy) is 1. The Morgan fingerprint density at radius 3 is 2.71 bits per heavy atom. The Hall–Kier alpha value is -3.60. The molecule has 0 atom stereocenters. The first-order valence-electron chi connectivity index (χ1n) is 10.6. The molecule has 0 aliphatic carbocycles. The van der Waals surface area contributed by atoms with E-state index in [1.807, 2.05) is 73.7 Å². The zero-order valence-corrected chi connectivity index (χ0v) is 17.9. The molecule has 5 nitrogen and oxygen atoms in total. The van der Waals surface area contributed by atoms with E-state index in [2.05, 4.69) is 17.2 Å². The fourth-order valence-electron chi connectivity index (χ4n) is 3.32. The number of unbranched alkanes of at least 4 members (excludes halogenated alkanes) is 1. The third-order valence-electron chi connectivity index (χ3n) is 4.99. The Morgan fingerprint density at radius 1 is 1.06 bits per heavy atom. The highest BCUT2D eigenvalue weighted by molar-refractivity contribution is 5.93. The molecular formula is C26H26N2O3. The molecule has 4 rings (SSSR count). The van der Waals surface area contributed by atoms with E-state index in [1.165, 1.54) is 0 Å². The van der Waals surface area contributed by atoms with E-state index in [0.717, 1.165) is 46.4 Å². The number of nitrogens with zero attached hydrogens (tertiary/aromatic N) is 1. The molecule has 0 spiro atoms. The van der Waals surface area contributed by atoms with E-state index < -0.39 is 0 Å². The van der Waals surface area contributed by atoms with Crippen molar-refractivity contribution in [3.8, 4) is 17.2 Å². The summed E-state index contributed by atoms with van der Waals surface area (Å²) < 4.78 is 11.5. The zero-order valence-electron chi connectivity index (χ0n) is 17.9. The number of oxazole rings is 1. The molecule has 0 saturated heterocycles. The molecule has 0 radical (unpaired) electrons. The second-order valence-corrected chi connectivity index (χ2v) is 7.64. The van der Waals surface area contributed by atoms with Crippen LogP contribution in [0.25, 0.3) is 22.6 Å². The van der Waals surface area contributed by atoms with Gasteiger partial charge in [-0.25, -0.2) is 4.98 Å². The number of aromatic nitrogens is 1. The van der Waals surface area contributed by atoms with Gasteiger partial charge in [0, 0.05) is 11.3 Å². The van der Waals surface area contributed by atoms with Gasteiger partial charge in [0.15, 0.2) is 5.58 Å². The van der Waals surface area contributed by atoms with Crippen molar-refractivity contribution in [2.75, 3.05) is 11.9 Å². The average molecular weight is 415 g/mol. The van der Waals surface area contributed by atoms with Crippen molar-refractivity contribution < 1.29 is 13.9 Å². The van der Waals surface area contributed by atoms with Gasteiger partial charge in [0.1, 0.15) is 11.3 Å². The predicted molar refractivity (Wildman–Crippen MR) is 123 cm³/mol. The summed E-state index contributed by atoms with van der Waals surface area (Å²) in [6.07, 6.45) is 2.43. The van der Waals surface area contributed by atoms with Gasteiger partial charge in [0.2, 0.25) is 11.8 Å². The number of carbonyl (C=O) groups excluding carboxylic acids is 1. The summed E-state index contributed by atoms with van der Waals surface area (Å²) in [6, 6.07) is 21.1. The molecule has 0 fully saturated rings. The van der Waals surface area contributed by atoms with Crippen LogP contribution >= 0.6 is 0 Å². The Morgan fingerprint density at radius 2 is 1.90 bits per heavy atom. The van der Waals surface area contributed by atoms with Crippen molar-refractivity contribution >= 4 is 22.7 Å². The van der Waals surface area contributed by atoms with Crippen molar-refractivity contribution in [2.24, 2.45) is 0 Å². The highest BCUT2D eigenvalue weighted by Crippen LogP contribution is 2.26. The fourth-order valence-corrected chi connectivity index (χ4v) is 3.32. The topological polar surface area (TPSA) is 64.4 Å². The largest absolute Gasteiger partial charge is 0.494 e. The van der Waals surface area contributed by atoms with Crippen LogP contribution in [0.3, 0.4) is 0 Å². The van der Waals surface area contributed by atoms with Crippen molar-refractivity contribution in [1.82, 2.24) is 4.98 Å². The standard InChI is InChI=1S/C26H26N2O3/c1-3-4-14-30-22-11-9-19(10-12-22)16-25(29)27-21-7-5-6-20(17-21)26-28-23-15-18(2)8-13-24(23)31-26/h5-13,15,17H,3-4,14,16H2,1-2H3,(H,27,29). The number of benzene rings is 3. The highest BCUT2D eigenvalue weighted by Gasteiger charge is 2.10. The van der Waals surface area contributed by atoms with E-state index in [9.17, 15) is 4.79 Å². The molecular weight excluding hydrogens is 388 g/mol. The monoisotopic (exact) mass is 414 g/mol. The first-order valence-corrected chi connectivity index (χ1v) is 10.6. The normalized spacial score (nSPS) is 10.9. The van der Waals surface area contributed by atoms with Crippen LogP contribution in [0.5, 0.6) is 5.75 Å². The Labute approximate surface area is 182 Å². The zero-order chi connectivity index (χ0) is 21.6. The fraction of sp³-hybridized carbons (Fsp3) is 0.231. The Bertz CT molecular complexity index is 1180. The average Bonchev–Trinajstić information content (AvgIpc) is 3.18. The predicted octanol–water partition coefficient (Wildman–Crippen LogP) is 6.16. The molecule has 1 aromatic heterocycles. The number of nitrogens with one attached hydrogen (secondary N) is 1. The van der Waals surface area contributed by atoms with Crippen molar-refractivity contribution in [2.45, 2.75) is 33.1 Å². The number of aryl methyl sites for hydroxylation is 1. The number of hydrogen-bond acceptors (Lipinski definition) is 4. The molecule has 3 aromatic carbocycles. The SMILES string of the molecule is CCCCOc1ccc(CC(=O)Nc2cccc(-c3nc4cc(C)ccc4o3)c2)cc1. The molecule has 1 heterocycles. The van der Waals surface area contributed by atoms with Crippen LogP contribution in [0.2, 0.25) is 0 Å². The first kappa shape index (κ1) is 20.7. The van der Waals surface area contributed by atoms with E-state index in [0.29, 0.717) is 24.6 Å². The van der Waals surface area contributed by atoms with Gasteiger partial charge in [0.05, 0.1) is 13.0 Å². The van der Waals surface area contributed by atoms with Gasteiger partial charge in [-0.2, -0.15) is 0 Å². The minimum Gasteiger partial charge on any atom is -0.494 e. The molecule has 0 saturated carbocycles. The van der Waals surface area contributed by atoms with Crippen LogP contribution in [0.4, 0.5) is 5.69 Å². The van der Waals surface area contributed by atoms with Gasteiger partial charge in [0.25, 0.3) is 0 Å². The third-order valence-corrected chi connectivity index (χ3v) is 4.99. The molecule has 5 heteroatoms. The van der Waals surface area contributed by atoms with E-state index in [4.69, 9.17) is 9.15 Å². The highest BCUT2D eigenvalue weighted by atomic mass is 16.5. The maximum atomic E-state index is 12.5. The molecule has 31 heavy (non-hydrogen) atoms. The van der Waals surface area contributed by atoms with Gasteiger partial charge in [-0.15, -0.1) is 0 Å². The summed E-state index contributed by atoms with van der Waals surface area (Å²) in [6.45, 7) is 4.87. The van der Waals surface area contributed by atoms with Gasteiger partial charge in [-0.05, 0) is 66.9 Å². The summed E-state index contributed by atoms with van der Waals surface area (Å²) >= 11 is 0. The smallest absolute Gasteiger partial charge is 0.228 e. The van der Waals surface area contributed by atoms with Crippen LogP contribution in [-0.4, -0.2) is 17.5 Å². The summed E-state index contributed by atoms with van der Waals surface area (Å²) in [5, 5.41) is 2.96. The maximum Gasteiger partial charge on any atom is 0.228 e. The van der Waals surface area contributed by atoms with Gasteiger partial charge in [-0.3, -0.25) is 4.79 Å². The lowest BCUT2D eigenvalue weighted by atomic mass is 10.1. The van der Waals surface area contributed by atoms with Crippen molar-refractivity contribution in [3.05, 3.63) is 77.9 Å². The quantitative estimate of drug-likeness (QED) is 0.351. The summed E-state index contributed by atoms with van der Waals surface area (Å²) in [5.74, 6) is 1.29. The number of carbonyl (C=O) groups is 1. The number of anilines is 1. The molecule has 0 aliphatic rings. The van der Waals surface area contributed by atoms with E-state index >= 15 is 0 Å². The van der Waals surface area contributed by atoms with Gasteiger partial charge < -0.3 is 14.5 Å². The summed E-state index contributed by atoms with van der Waals surface area (Å²) in [4.78, 5) is 17.1. The van der Waals surface area contributed by atoms with Crippen LogP contribution in [-0.2, 0) is 11.2 Å². The van der Waals surface area contributed by atoms with Crippen LogP contribution in [0.15, 0.2) is 71.1 Å². The Balaban J connectivity index is 1.40. The number of rotatable bonds is 8. The molecule has 1 N–H and O–H groups in total. The van der Waals surface area contributed by atoms with E-state index in [-0.39, 0.29) is 5.91 Å². The lowest BCUT2D eigenvalue weighted by Crippen LogP contribution is -2.14. The Kier molecular flexibility index (Phi) is 6.32. The van der Waals surface area contributed by atoms with Crippen LogP contribution < -0.4 is 10.1 Å². The summed E-state index contributed by atoms with van der Waals surface area (Å²) in [7, 11) is 0. The van der Waals surface area contributed by atoms with Crippen molar-refractivity contribution in [1.29, 1.82) is 0 Å². The molecule has 0 aliphatic heterocycles. The second kappa shape index (κ2) is 9.47. The lowest BCUT2D eigenvalue weighted by molar-refractivity contribution is -0.115. The molecule has 1 amide bonds. The molecule has 158 valence electrons. The van der Waals surface area contributed by atoms with Crippen LogP contribution in [0, 0.1) is 6.92 Å². The van der Waals surface area contributed by atoms with Gasteiger partial charge in [-0.1, -0.05) is 37.6 Å². The lowest BCUT2D eigenvalue weighted by Gasteiger charge is -2.08. The summed E-state index contributed by atoms with van der Waals surface area (Å²) in [5.41, 5.74) is 5.17. The second-order valence-electron chi connectivity index (χ2n) is 7.64. The minimum absolute atomic E-state index is 0.0787. The molecule has 0 unspecified atom stereocenters. The number of fused-ring (bicyclic) bond motifs is 1. The van der Waals surface area contributed by atoms with E-state index in [1.54, 1.807) is 0 Å². The number of hydrogen-bond donors (Lipinski definition) is 1. The minimum atomic E-state index is -0.0787. The van der Waals surface area contributed by atoms with Crippen LogP contribution in [0.1, 0.15) is 30.9 Å². The maximum absolute atomic E-state index is 12.5. The third kappa shape index (κ3) is 5.31. The number of amides is 1. The first-order chi connectivity index (χ1) is 15.1. The molecule has 4 aromatic rings. The van der Waals surface area contributed by atoms with Gasteiger partial charge >= 0.3 is 0 Å². The van der Waals surface area contributed by atoms with Crippen molar-refractivity contribution in [3.63, 3.8) is 0 Å².